The van der Waals surface area contributed by atoms with Crippen molar-refractivity contribution in [3.63, 3.8) is 0 Å². The number of hydrogen-bond acceptors (Lipinski definition) is 0. The standard InChI is InChI=1S/C18H29O/c1-9-12(2)13-10-14(17(3,4)5)16(19)15(11-13)18(6,7)8/h10-12H,9H2,1-8H3. The topological polar surface area (TPSA) is 19.9 Å². The first-order valence-corrected chi connectivity index (χ1v) is 7.34. The van der Waals surface area contributed by atoms with Gasteiger partial charge in [0.2, 0.25) is 0 Å². The number of rotatable bonds is 2. The average molecular weight is 261 g/mol. The van der Waals surface area contributed by atoms with Gasteiger partial charge in [0, 0.05) is 11.1 Å². The van der Waals surface area contributed by atoms with Crippen molar-refractivity contribution in [2.24, 2.45) is 0 Å². The molecule has 1 nitrogen and oxygen atoms in total. The number of hydrogen-bond donors (Lipinski definition) is 0. The van der Waals surface area contributed by atoms with E-state index in [1.807, 2.05) is 0 Å². The van der Waals surface area contributed by atoms with Crippen LogP contribution < -0.4 is 0 Å². The van der Waals surface area contributed by atoms with E-state index in [4.69, 9.17) is 0 Å². The third kappa shape index (κ3) is 3.52. The third-order valence-electron chi connectivity index (χ3n) is 3.91. The van der Waals surface area contributed by atoms with E-state index in [0.29, 0.717) is 5.92 Å². The van der Waals surface area contributed by atoms with Gasteiger partial charge in [0.15, 0.2) is 5.75 Å². The van der Waals surface area contributed by atoms with E-state index in [0.717, 1.165) is 17.5 Å². The molecule has 1 aromatic carbocycles. The summed E-state index contributed by atoms with van der Waals surface area (Å²) in [4.78, 5) is 0. The molecule has 0 aromatic heterocycles. The molecule has 1 heteroatoms. The summed E-state index contributed by atoms with van der Waals surface area (Å²) >= 11 is 0. The quantitative estimate of drug-likeness (QED) is 0.628. The zero-order valence-corrected chi connectivity index (χ0v) is 13.8. The van der Waals surface area contributed by atoms with Crippen molar-refractivity contribution >= 4 is 0 Å². The Morgan fingerprint density at radius 1 is 0.947 bits per heavy atom. The molecule has 0 heterocycles. The molecule has 0 saturated heterocycles. The minimum absolute atomic E-state index is 0.0967. The van der Waals surface area contributed by atoms with Crippen LogP contribution in [0.25, 0.3) is 0 Å². The maximum Gasteiger partial charge on any atom is 0.186 e. The van der Waals surface area contributed by atoms with Crippen LogP contribution in [0.4, 0.5) is 0 Å². The Labute approximate surface area is 119 Å². The first-order valence-electron chi connectivity index (χ1n) is 7.34. The van der Waals surface area contributed by atoms with Gasteiger partial charge in [-0.1, -0.05) is 67.5 Å². The van der Waals surface area contributed by atoms with Crippen LogP contribution in [-0.4, -0.2) is 0 Å². The second-order valence-electron chi connectivity index (χ2n) is 7.75. The fourth-order valence-corrected chi connectivity index (χ4v) is 2.29. The molecule has 0 aliphatic carbocycles. The fourth-order valence-electron chi connectivity index (χ4n) is 2.29. The maximum atomic E-state index is 12.7. The number of benzene rings is 1. The summed E-state index contributed by atoms with van der Waals surface area (Å²) in [5.74, 6) is 0.731. The zero-order chi connectivity index (χ0) is 15.0. The summed E-state index contributed by atoms with van der Waals surface area (Å²) in [6.45, 7) is 17.2. The Balaban J connectivity index is 3.57. The molecule has 1 aromatic rings. The molecule has 1 rings (SSSR count). The molecule has 1 radical (unpaired) electrons. The second kappa shape index (κ2) is 5.19. The highest BCUT2D eigenvalue weighted by molar-refractivity contribution is 5.50. The van der Waals surface area contributed by atoms with Crippen LogP contribution in [0.2, 0.25) is 0 Å². The van der Waals surface area contributed by atoms with Crippen LogP contribution in [0, 0.1) is 0 Å². The average Bonchev–Trinajstić information content (AvgIpc) is 2.25. The van der Waals surface area contributed by atoms with Crippen LogP contribution in [0.3, 0.4) is 0 Å². The van der Waals surface area contributed by atoms with Gasteiger partial charge in [-0.05, 0) is 28.7 Å². The minimum Gasteiger partial charge on any atom is -0.289 e. The summed E-state index contributed by atoms with van der Waals surface area (Å²) in [5.41, 5.74) is 3.02. The van der Waals surface area contributed by atoms with E-state index in [1.54, 1.807) is 0 Å². The Hall–Kier alpha value is -0.980. The van der Waals surface area contributed by atoms with Gasteiger partial charge in [-0.2, -0.15) is 0 Å². The van der Waals surface area contributed by atoms with Crippen molar-refractivity contribution in [1.82, 2.24) is 0 Å². The van der Waals surface area contributed by atoms with Gasteiger partial charge in [0.1, 0.15) is 0 Å². The van der Waals surface area contributed by atoms with Crippen molar-refractivity contribution in [3.8, 4) is 5.75 Å². The highest BCUT2D eigenvalue weighted by Crippen LogP contribution is 2.41. The third-order valence-corrected chi connectivity index (χ3v) is 3.91. The Morgan fingerprint density at radius 3 is 1.58 bits per heavy atom. The van der Waals surface area contributed by atoms with Crippen molar-refractivity contribution in [3.05, 3.63) is 28.8 Å². The van der Waals surface area contributed by atoms with Crippen molar-refractivity contribution < 1.29 is 5.11 Å². The molecule has 0 saturated carbocycles. The predicted octanol–water partition coefficient (Wildman–Crippen LogP) is 5.94. The molecule has 0 bridgehead atoms. The lowest BCUT2D eigenvalue weighted by Gasteiger charge is -2.28. The first-order chi connectivity index (χ1) is 8.48. The molecule has 0 aliphatic rings. The monoisotopic (exact) mass is 261 g/mol. The summed E-state index contributed by atoms with van der Waals surface area (Å²) in [6, 6.07) is 4.26. The normalized spacial score (nSPS) is 14.5. The van der Waals surface area contributed by atoms with Gasteiger partial charge in [-0.25, -0.2) is 0 Å². The van der Waals surface area contributed by atoms with Crippen LogP contribution in [0.5, 0.6) is 5.75 Å². The molecule has 0 aliphatic heterocycles. The molecule has 1 unspecified atom stereocenters. The second-order valence-corrected chi connectivity index (χ2v) is 7.75. The fraction of sp³-hybridized carbons (Fsp3) is 0.667. The van der Waals surface area contributed by atoms with Gasteiger partial charge in [0.05, 0.1) is 0 Å². The van der Waals surface area contributed by atoms with Crippen molar-refractivity contribution in [2.75, 3.05) is 0 Å². The lowest BCUT2D eigenvalue weighted by molar-refractivity contribution is 0.327. The molecule has 0 spiro atoms. The van der Waals surface area contributed by atoms with Crippen molar-refractivity contribution in [2.45, 2.75) is 78.6 Å². The summed E-state index contributed by atoms with van der Waals surface area (Å²) < 4.78 is 0. The summed E-state index contributed by atoms with van der Waals surface area (Å²) in [5, 5.41) is 12.7. The molecule has 0 N–H and O–H groups in total. The zero-order valence-electron chi connectivity index (χ0n) is 13.8. The van der Waals surface area contributed by atoms with E-state index in [-0.39, 0.29) is 16.6 Å². The van der Waals surface area contributed by atoms with E-state index >= 15 is 0 Å². The summed E-state index contributed by atoms with van der Waals surface area (Å²) in [7, 11) is 0. The Kier molecular flexibility index (Phi) is 4.39. The molecule has 0 amide bonds. The van der Waals surface area contributed by atoms with Crippen LogP contribution in [0.1, 0.15) is 84.4 Å². The van der Waals surface area contributed by atoms with E-state index in [2.05, 4.69) is 67.5 Å². The Morgan fingerprint density at radius 2 is 1.32 bits per heavy atom. The molecule has 107 valence electrons. The molecular formula is C18H29O. The molecule has 1 atom stereocenters. The van der Waals surface area contributed by atoms with Crippen LogP contribution in [-0.2, 0) is 15.9 Å². The smallest absolute Gasteiger partial charge is 0.186 e. The lowest BCUT2D eigenvalue weighted by Crippen LogP contribution is -2.18. The van der Waals surface area contributed by atoms with E-state index < -0.39 is 0 Å². The molecular weight excluding hydrogens is 232 g/mol. The van der Waals surface area contributed by atoms with Gasteiger partial charge >= 0.3 is 0 Å². The van der Waals surface area contributed by atoms with Crippen LogP contribution in [0.15, 0.2) is 12.1 Å². The lowest BCUT2D eigenvalue weighted by atomic mass is 9.77. The molecule has 19 heavy (non-hydrogen) atoms. The highest BCUT2D eigenvalue weighted by atomic mass is 16.3. The van der Waals surface area contributed by atoms with E-state index in [1.165, 1.54) is 5.56 Å². The largest absolute Gasteiger partial charge is 0.289 e. The van der Waals surface area contributed by atoms with Gasteiger partial charge in [0.25, 0.3) is 0 Å². The summed E-state index contributed by atoms with van der Waals surface area (Å²) in [6.07, 6.45) is 1.10. The maximum absolute atomic E-state index is 12.7. The van der Waals surface area contributed by atoms with Crippen LogP contribution >= 0.6 is 0 Å². The molecule has 0 fully saturated rings. The Bertz CT molecular complexity index is 409. The van der Waals surface area contributed by atoms with Gasteiger partial charge in [-0.3, -0.25) is 5.11 Å². The predicted molar refractivity (Wildman–Crippen MR) is 82.7 cm³/mol. The first kappa shape index (κ1) is 16.1. The minimum atomic E-state index is -0.0967. The van der Waals surface area contributed by atoms with E-state index in [9.17, 15) is 5.11 Å². The van der Waals surface area contributed by atoms with Gasteiger partial charge < -0.3 is 0 Å². The van der Waals surface area contributed by atoms with Crippen molar-refractivity contribution in [1.29, 1.82) is 0 Å². The highest BCUT2D eigenvalue weighted by Gasteiger charge is 2.28. The van der Waals surface area contributed by atoms with Gasteiger partial charge in [-0.15, -0.1) is 0 Å². The SMILES string of the molecule is CCC(C)c1cc(C(C)(C)C)c([O])c(C(C)(C)C)c1.